The number of nitrogens with zero attached hydrogens (tertiary/aromatic N) is 1. The molecule has 5 heteroatoms. The molecular weight excluding hydrogens is 276 g/mol. The number of aliphatic carboxylic acids is 1. The fourth-order valence-electron chi connectivity index (χ4n) is 2.94. The summed E-state index contributed by atoms with van der Waals surface area (Å²) in [4.78, 5) is 12.2. The zero-order valence-corrected chi connectivity index (χ0v) is 12.0. The van der Waals surface area contributed by atoms with Crippen LogP contribution in [-0.4, -0.2) is 23.7 Å². The minimum Gasteiger partial charge on any atom is -0.478 e. The lowest BCUT2D eigenvalue weighted by Crippen LogP contribution is -2.34. The average Bonchev–Trinajstić information content (AvgIpc) is 2.94. The number of benzene rings is 1. The first kappa shape index (κ1) is 15.5. The van der Waals surface area contributed by atoms with Gasteiger partial charge in [-0.05, 0) is 43.5 Å². The van der Waals surface area contributed by atoms with Crippen molar-refractivity contribution in [3.05, 3.63) is 35.4 Å². The quantitative estimate of drug-likeness (QED) is 0.839. The summed E-state index contributed by atoms with van der Waals surface area (Å²) >= 11 is 0. The molecule has 0 radical (unpaired) electrons. The van der Waals surface area contributed by atoms with Crippen LogP contribution in [0.3, 0.4) is 0 Å². The Morgan fingerprint density at radius 2 is 1.90 bits per heavy atom. The number of hydrogen-bond donors (Lipinski definition) is 1. The minimum absolute atomic E-state index is 0.00289. The third-order valence-corrected chi connectivity index (χ3v) is 3.85. The van der Waals surface area contributed by atoms with E-state index in [1.807, 2.05) is 6.92 Å². The minimum atomic E-state index is -1.15. The van der Waals surface area contributed by atoms with Crippen molar-refractivity contribution in [1.82, 2.24) is 0 Å². The van der Waals surface area contributed by atoms with Crippen LogP contribution in [-0.2, 0) is 4.79 Å². The predicted molar refractivity (Wildman–Crippen MR) is 78.3 cm³/mol. The Morgan fingerprint density at radius 1 is 1.33 bits per heavy atom. The molecule has 1 N–H and O–H groups in total. The van der Waals surface area contributed by atoms with Crippen molar-refractivity contribution in [1.29, 1.82) is 0 Å². The smallest absolute Gasteiger partial charge is 0.328 e. The first-order valence-electron chi connectivity index (χ1n) is 7.19. The molecule has 114 valence electrons. The Bertz CT molecular complexity index is 528. The molecule has 0 amide bonds. The van der Waals surface area contributed by atoms with E-state index >= 15 is 0 Å². The first-order valence-corrected chi connectivity index (χ1v) is 7.19. The number of carboxylic acids is 1. The molecule has 1 aromatic carbocycles. The van der Waals surface area contributed by atoms with Crippen LogP contribution in [0.15, 0.2) is 18.2 Å². The van der Waals surface area contributed by atoms with Gasteiger partial charge in [-0.25, -0.2) is 13.6 Å². The Balaban J connectivity index is 2.33. The number of rotatable bonds is 5. The molecule has 1 aliphatic carbocycles. The highest BCUT2D eigenvalue weighted by atomic mass is 19.1. The Morgan fingerprint density at radius 3 is 2.38 bits per heavy atom. The normalized spacial score (nSPS) is 15.8. The summed E-state index contributed by atoms with van der Waals surface area (Å²) in [6.45, 7) is 2.43. The zero-order chi connectivity index (χ0) is 15.4. The van der Waals surface area contributed by atoms with Gasteiger partial charge in [-0.15, -0.1) is 0 Å². The summed E-state index contributed by atoms with van der Waals surface area (Å²) in [6, 6.07) is 2.53. The van der Waals surface area contributed by atoms with Crippen molar-refractivity contribution >= 4 is 17.7 Å². The lowest BCUT2D eigenvalue weighted by atomic mass is 10.1. The first-order chi connectivity index (χ1) is 10.0. The Kier molecular flexibility index (Phi) is 4.94. The largest absolute Gasteiger partial charge is 0.478 e. The number of carbonyl (C=O) groups is 1. The number of carboxylic acid groups (broad SMARTS) is 1. The van der Waals surface area contributed by atoms with Crippen molar-refractivity contribution in [3.63, 3.8) is 0 Å². The molecule has 0 unspecified atom stereocenters. The van der Waals surface area contributed by atoms with Gasteiger partial charge in [0.2, 0.25) is 0 Å². The Hall–Kier alpha value is -1.91. The maximum Gasteiger partial charge on any atom is 0.328 e. The molecule has 1 fully saturated rings. The van der Waals surface area contributed by atoms with Gasteiger partial charge in [0, 0.05) is 18.7 Å². The summed E-state index contributed by atoms with van der Waals surface area (Å²) in [5, 5.41) is 8.56. The molecule has 3 nitrogen and oxygen atoms in total. The van der Waals surface area contributed by atoms with Gasteiger partial charge in [-0.2, -0.15) is 0 Å². The topological polar surface area (TPSA) is 40.5 Å². The van der Waals surface area contributed by atoms with Crippen molar-refractivity contribution in [2.75, 3.05) is 11.4 Å². The summed E-state index contributed by atoms with van der Waals surface area (Å²) in [6.07, 6.45) is 6.13. The second-order valence-corrected chi connectivity index (χ2v) is 5.23. The molecule has 21 heavy (non-hydrogen) atoms. The molecule has 0 heterocycles. The van der Waals surface area contributed by atoms with Gasteiger partial charge >= 0.3 is 5.97 Å². The van der Waals surface area contributed by atoms with Gasteiger partial charge < -0.3 is 10.0 Å². The Labute approximate surface area is 122 Å². The average molecular weight is 295 g/mol. The van der Waals surface area contributed by atoms with Crippen LogP contribution in [0, 0.1) is 11.6 Å². The molecule has 2 rings (SSSR count). The monoisotopic (exact) mass is 295 g/mol. The second kappa shape index (κ2) is 6.70. The summed E-state index contributed by atoms with van der Waals surface area (Å²) < 4.78 is 28.5. The number of hydrogen-bond acceptors (Lipinski definition) is 2. The van der Waals surface area contributed by atoms with E-state index in [2.05, 4.69) is 0 Å². The van der Waals surface area contributed by atoms with Crippen LogP contribution < -0.4 is 4.90 Å². The van der Waals surface area contributed by atoms with Crippen LogP contribution >= 0.6 is 0 Å². The molecular formula is C16H19F2NO2. The van der Waals surface area contributed by atoms with E-state index in [1.54, 1.807) is 4.90 Å². The van der Waals surface area contributed by atoms with E-state index in [1.165, 1.54) is 18.2 Å². The molecule has 1 saturated carbocycles. The van der Waals surface area contributed by atoms with E-state index < -0.39 is 17.6 Å². The third kappa shape index (κ3) is 3.60. The van der Waals surface area contributed by atoms with Crippen molar-refractivity contribution in [2.24, 2.45) is 0 Å². The highest BCUT2D eigenvalue weighted by Crippen LogP contribution is 2.32. The number of anilines is 1. The van der Waals surface area contributed by atoms with Crippen LogP contribution in [0.2, 0.25) is 0 Å². The SMILES string of the molecule is CCN(c1c(F)cc(C=CC(=O)O)cc1F)C1CCCC1. The third-order valence-electron chi connectivity index (χ3n) is 3.85. The maximum atomic E-state index is 14.3. The molecule has 0 atom stereocenters. The van der Waals surface area contributed by atoms with E-state index in [-0.39, 0.29) is 17.3 Å². The molecule has 0 saturated heterocycles. The van der Waals surface area contributed by atoms with Gasteiger partial charge in [-0.3, -0.25) is 0 Å². The van der Waals surface area contributed by atoms with Gasteiger partial charge in [0.25, 0.3) is 0 Å². The number of halogens is 2. The molecule has 0 aliphatic heterocycles. The molecule has 1 aromatic rings. The van der Waals surface area contributed by atoms with E-state index in [0.29, 0.717) is 6.54 Å². The zero-order valence-electron chi connectivity index (χ0n) is 12.0. The fraction of sp³-hybridized carbons (Fsp3) is 0.438. The maximum absolute atomic E-state index is 14.3. The lowest BCUT2D eigenvalue weighted by Gasteiger charge is -2.30. The summed E-state index contributed by atoms with van der Waals surface area (Å²) in [5.74, 6) is -2.44. The van der Waals surface area contributed by atoms with Gasteiger partial charge in [0.15, 0.2) is 0 Å². The van der Waals surface area contributed by atoms with Crippen molar-refractivity contribution < 1.29 is 18.7 Å². The predicted octanol–water partition coefficient (Wildman–Crippen LogP) is 3.83. The van der Waals surface area contributed by atoms with Gasteiger partial charge in [0.1, 0.15) is 17.3 Å². The second-order valence-electron chi connectivity index (χ2n) is 5.23. The van der Waals surface area contributed by atoms with Crippen LogP contribution in [0.5, 0.6) is 0 Å². The standard InChI is InChI=1S/C16H19F2NO2/c1-2-19(12-5-3-4-6-12)16-13(17)9-11(10-14(16)18)7-8-15(20)21/h7-10,12H,2-6H2,1H3,(H,20,21). The summed E-state index contributed by atoms with van der Waals surface area (Å²) in [5.41, 5.74) is 0.204. The van der Waals surface area contributed by atoms with Crippen LogP contribution in [0.25, 0.3) is 6.08 Å². The van der Waals surface area contributed by atoms with Crippen molar-refractivity contribution in [2.45, 2.75) is 38.6 Å². The van der Waals surface area contributed by atoms with Crippen molar-refractivity contribution in [3.8, 4) is 0 Å². The van der Waals surface area contributed by atoms with Crippen LogP contribution in [0.4, 0.5) is 14.5 Å². The van der Waals surface area contributed by atoms with Gasteiger partial charge in [0.05, 0.1) is 0 Å². The van der Waals surface area contributed by atoms with E-state index in [4.69, 9.17) is 5.11 Å². The molecule has 1 aliphatic rings. The summed E-state index contributed by atoms with van der Waals surface area (Å²) in [7, 11) is 0. The van der Waals surface area contributed by atoms with E-state index in [0.717, 1.165) is 31.8 Å². The highest BCUT2D eigenvalue weighted by molar-refractivity contribution is 5.85. The molecule has 0 aromatic heterocycles. The molecule has 0 spiro atoms. The molecule has 0 bridgehead atoms. The highest BCUT2D eigenvalue weighted by Gasteiger charge is 2.26. The fourth-order valence-corrected chi connectivity index (χ4v) is 2.94. The van der Waals surface area contributed by atoms with E-state index in [9.17, 15) is 13.6 Å². The van der Waals surface area contributed by atoms with Crippen LogP contribution in [0.1, 0.15) is 38.2 Å². The van der Waals surface area contributed by atoms with Gasteiger partial charge in [-0.1, -0.05) is 12.8 Å². The lowest BCUT2D eigenvalue weighted by molar-refractivity contribution is -0.131.